The number of amides is 1. The first-order chi connectivity index (χ1) is 10.2. The Hall–Kier alpha value is -2.72. The Bertz CT molecular complexity index is 674. The first kappa shape index (κ1) is 14.7. The maximum atomic E-state index is 13.3. The Balaban J connectivity index is 2.05. The lowest BCUT2D eigenvalue weighted by Gasteiger charge is -2.06. The fourth-order valence-electron chi connectivity index (χ4n) is 1.64. The highest BCUT2D eigenvalue weighted by molar-refractivity contribution is 5.96. The number of carbonyl (C=O) groups excluding carboxylic acids is 1. The molecule has 1 aromatic carbocycles. The van der Waals surface area contributed by atoms with E-state index in [4.69, 9.17) is 10.3 Å². The number of nitrogens with two attached hydrogens (primary N) is 1. The van der Waals surface area contributed by atoms with E-state index in [1.165, 1.54) is 18.5 Å². The van der Waals surface area contributed by atoms with Gasteiger partial charge < -0.3 is 15.6 Å². The van der Waals surface area contributed by atoms with E-state index >= 15 is 0 Å². The summed E-state index contributed by atoms with van der Waals surface area (Å²) in [5, 5.41) is 6.11. The topological polar surface area (TPSA) is 94.0 Å². The van der Waals surface area contributed by atoms with Gasteiger partial charge in [-0.25, -0.2) is 4.39 Å². The summed E-state index contributed by atoms with van der Waals surface area (Å²) in [4.78, 5) is 15.9. The quantitative estimate of drug-likeness (QED) is 0.799. The Morgan fingerprint density at radius 1 is 1.48 bits per heavy atom. The van der Waals surface area contributed by atoms with Crippen molar-refractivity contribution in [2.75, 3.05) is 13.1 Å². The third-order valence-electron chi connectivity index (χ3n) is 2.58. The van der Waals surface area contributed by atoms with E-state index in [-0.39, 0.29) is 12.1 Å². The van der Waals surface area contributed by atoms with Crippen LogP contribution in [0.1, 0.15) is 21.8 Å². The molecule has 6 nitrogen and oxygen atoms in total. The summed E-state index contributed by atoms with van der Waals surface area (Å²) in [7, 11) is 0. The monoisotopic (exact) mass is 288 g/mol. The Labute approximate surface area is 120 Å². The highest BCUT2D eigenvalue weighted by Gasteiger charge is 2.11. The lowest BCUT2D eigenvalue weighted by Crippen LogP contribution is -2.26. The largest absolute Gasteiger partial charge is 0.351 e. The zero-order chi connectivity index (χ0) is 15.1. The number of carbonyl (C=O) groups is 1. The molecule has 0 aliphatic carbocycles. The highest BCUT2D eigenvalue weighted by Crippen LogP contribution is 2.10. The highest BCUT2D eigenvalue weighted by atomic mass is 19.1. The number of nitrogens with zero attached hydrogens (tertiary/aromatic N) is 2. The molecule has 0 aliphatic rings. The van der Waals surface area contributed by atoms with E-state index in [1.54, 1.807) is 0 Å². The van der Waals surface area contributed by atoms with E-state index < -0.39 is 11.7 Å². The van der Waals surface area contributed by atoms with Gasteiger partial charge >= 0.3 is 0 Å². The molecule has 108 valence electrons. The minimum Gasteiger partial charge on any atom is -0.351 e. The van der Waals surface area contributed by atoms with Crippen LogP contribution in [-0.2, 0) is 6.42 Å². The van der Waals surface area contributed by atoms with Crippen LogP contribution in [0.2, 0.25) is 0 Å². The van der Waals surface area contributed by atoms with Gasteiger partial charge in [0.1, 0.15) is 5.82 Å². The van der Waals surface area contributed by atoms with E-state index in [2.05, 4.69) is 27.3 Å². The number of hydrogen-bond acceptors (Lipinski definition) is 5. The summed E-state index contributed by atoms with van der Waals surface area (Å²) in [5.74, 6) is 4.87. The predicted octanol–water partition coefficient (Wildman–Crippen LogP) is 0.491. The lowest BCUT2D eigenvalue weighted by molar-refractivity contribution is 0.0952. The second-order valence-electron chi connectivity index (χ2n) is 4.04. The third kappa shape index (κ3) is 4.12. The molecule has 0 saturated heterocycles. The van der Waals surface area contributed by atoms with Crippen molar-refractivity contribution in [3.05, 3.63) is 47.4 Å². The smallest absolute Gasteiger partial charge is 0.252 e. The molecule has 0 radical (unpaired) electrons. The van der Waals surface area contributed by atoms with Gasteiger partial charge in [0.15, 0.2) is 6.33 Å². The number of hydrogen-bond donors (Lipinski definition) is 2. The zero-order valence-corrected chi connectivity index (χ0v) is 11.1. The predicted molar refractivity (Wildman–Crippen MR) is 72.7 cm³/mol. The summed E-state index contributed by atoms with van der Waals surface area (Å²) < 4.78 is 18.1. The van der Waals surface area contributed by atoms with Gasteiger partial charge in [0.2, 0.25) is 5.89 Å². The van der Waals surface area contributed by atoms with Crippen LogP contribution in [0.4, 0.5) is 4.39 Å². The van der Waals surface area contributed by atoms with Crippen molar-refractivity contribution in [1.82, 2.24) is 15.5 Å². The summed E-state index contributed by atoms with van der Waals surface area (Å²) >= 11 is 0. The van der Waals surface area contributed by atoms with Gasteiger partial charge in [-0.3, -0.25) is 4.79 Å². The van der Waals surface area contributed by atoms with Crippen molar-refractivity contribution in [2.45, 2.75) is 6.42 Å². The molecule has 1 heterocycles. The standard InChI is InChI=1S/C14H13FN4O2/c15-11-4-3-10(2-1-6-16)12(8-11)14(20)17-7-5-13-18-9-19-21-13/h3-4,8-9H,5-7,16H2,(H,17,20). The maximum Gasteiger partial charge on any atom is 0.252 e. The van der Waals surface area contributed by atoms with Gasteiger partial charge in [-0.1, -0.05) is 17.0 Å². The molecule has 2 rings (SSSR count). The molecule has 7 heteroatoms. The average molecular weight is 288 g/mol. The number of rotatable bonds is 4. The van der Waals surface area contributed by atoms with Crippen LogP contribution in [0.15, 0.2) is 29.0 Å². The molecular formula is C14H13FN4O2. The van der Waals surface area contributed by atoms with Crippen LogP contribution in [-0.4, -0.2) is 29.1 Å². The second kappa shape index (κ2) is 7.17. The fourth-order valence-corrected chi connectivity index (χ4v) is 1.64. The number of halogens is 1. The summed E-state index contributed by atoms with van der Waals surface area (Å²) in [6.07, 6.45) is 1.68. The lowest BCUT2D eigenvalue weighted by atomic mass is 10.1. The van der Waals surface area contributed by atoms with Crippen LogP contribution in [0.5, 0.6) is 0 Å². The third-order valence-corrected chi connectivity index (χ3v) is 2.58. The average Bonchev–Trinajstić information content (AvgIpc) is 2.99. The molecule has 0 saturated carbocycles. The molecule has 2 aromatic rings. The number of aromatic nitrogens is 2. The second-order valence-corrected chi connectivity index (χ2v) is 4.04. The Morgan fingerprint density at radius 3 is 3.05 bits per heavy atom. The van der Waals surface area contributed by atoms with Crippen LogP contribution in [0.25, 0.3) is 0 Å². The van der Waals surface area contributed by atoms with E-state index in [9.17, 15) is 9.18 Å². The molecule has 1 aromatic heterocycles. The fraction of sp³-hybridized carbons (Fsp3) is 0.214. The number of nitrogens with one attached hydrogen (secondary N) is 1. The van der Waals surface area contributed by atoms with Gasteiger partial charge in [-0.05, 0) is 18.2 Å². The molecule has 0 atom stereocenters. The van der Waals surface area contributed by atoms with Gasteiger partial charge in [-0.2, -0.15) is 4.98 Å². The molecule has 0 aliphatic heterocycles. The van der Waals surface area contributed by atoms with Crippen LogP contribution in [0, 0.1) is 17.7 Å². The van der Waals surface area contributed by atoms with Crippen molar-refractivity contribution in [3.63, 3.8) is 0 Å². The zero-order valence-electron chi connectivity index (χ0n) is 11.1. The molecular weight excluding hydrogens is 275 g/mol. The summed E-state index contributed by atoms with van der Waals surface area (Å²) in [6.45, 7) is 0.455. The van der Waals surface area contributed by atoms with Gasteiger partial charge in [0.25, 0.3) is 5.91 Å². The maximum absolute atomic E-state index is 13.3. The summed E-state index contributed by atoms with van der Waals surface area (Å²) in [6, 6.07) is 3.84. The molecule has 0 spiro atoms. The first-order valence-electron chi connectivity index (χ1n) is 6.23. The molecule has 0 fully saturated rings. The van der Waals surface area contributed by atoms with E-state index in [0.717, 1.165) is 6.07 Å². The SMILES string of the molecule is NCC#Cc1ccc(F)cc1C(=O)NCCc1ncno1. The van der Waals surface area contributed by atoms with Gasteiger partial charge in [0, 0.05) is 18.5 Å². The van der Waals surface area contributed by atoms with Crippen molar-refractivity contribution < 1.29 is 13.7 Å². The van der Waals surface area contributed by atoms with Crippen LogP contribution < -0.4 is 11.1 Å². The Morgan fingerprint density at radius 2 is 2.33 bits per heavy atom. The van der Waals surface area contributed by atoms with Gasteiger partial charge in [0.05, 0.1) is 12.1 Å². The van der Waals surface area contributed by atoms with Crippen molar-refractivity contribution in [2.24, 2.45) is 5.73 Å². The van der Waals surface area contributed by atoms with Crippen molar-refractivity contribution in [3.8, 4) is 11.8 Å². The summed E-state index contributed by atoms with van der Waals surface area (Å²) in [5.41, 5.74) is 5.89. The Kier molecular flexibility index (Phi) is 5.01. The van der Waals surface area contributed by atoms with Crippen molar-refractivity contribution >= 4 is 5.91 Å². The van der Waals surface area contributed by atoms with Gasteiger partial charge in [-0.15, -0.1) is 0 Å². The van der Waals surface area contributed by atoms with Crippen LogP contribution in [0.3, 0.4) is 0 Å². The molecule has 0 unspecified atom stereocenters. The molecule has 0 bridgehead atoms. The molecule has 1 amide bonds. The first-order valence-corrected chi connectivity index (χ1v) is 6.23. The minimum atomic E-state index is -0.504. The van der Waals surface area contributed by atoms with Crippen molar-refractivity contribution in [1.29, 1.82) is 0 Å². The van der Waals surface area contributed by atoms with Crippen LogP contribution >= 0.6 is 0 Å². The number of benzene rings is 1. The molecule has 21 heavy (non-hydrogen) atoms. The van der Waals surface area contributed by atoms with E-state index in [1.807, 2.05) is 0 Å². The molecule has 3 N–H and O–H groups in total. The normalized spacial score (nSPS) is 9.81. The minimum absolute atomic E-state index is 0.162. The van der Waals surface area contributed by atoms with E-state index in [0.29, 0.717) is 24.4 Å².